The maximum absolute atomic E-state index is 11.5. The summed E-state index contributed by atoms with van der Waals surface area (Å²) in [4.78, 5) is 13.1. The minimum Gasteiger partial charge on any atom is -0.327 e. The second-order valence-corrected chi connectivity index (χ2v) is 3.38. The Hall–Kier alpha value is -1.04. The van der Waals surface area contributed by atoms with Crippen LogP contribution in [0.3, 0.4) is 0 Å². The summed E-state index contributed by atoms with van der Waals surface area (Å²) < 4.78 is 0. The van der Waals surface area contributed by atoms with Crippen molar-refractivity contribution in [3.05, 3.63) is 0 Å². The fraction of sp³-hybridized carbons (Fsp3) is 0.800. The summed E-state index contributed by atoms with van der Waals surface area (Å²) in [6, 6.07) is 2.14. The fourth-order valence-electron chi connectivity index (χ4n) is 1.11. The number of nitrogens with zero attached hydrogens (tertiary/aromatic N) is 2. The molecule has 0 saturated heterocycles. The highest BCUT2D eigenvalue weighted by molar-refractivity contribution is 5.76. The van der Waals surface area contributed by atoms with Crippen molar-refractivity contribution in [2.45, 2.75) is 46.1 Å². The maximum Gasteiger partial charge on any atom is 0.223 e. The zero-order chi connectivity index (χ0) is 10.3. The molecule has 0 unspecified atom stereocenters. The van der Waals surface area contributed by atoms with Gasteiger partial charge >= 0.3 is 0 Å². The molecule has 3 heteroatoms. The quantitative estimate of drug-likeness (QED) is 0.610. The van der Waals surface area contributed by atoms with Crippen molar-refractivity contribution in [1.82, 2.24) is 4.90 Å². The Bertz CT molecular complexity index is 194. The van der Waals surface area contributed by atoms with Gasteiger partial charge in [0.2, 0.25) is 5.91 Å². The molecular weight excluding hydrogens is 164 g/mol. The largest absolute Gasteiger partial charge is 0.327 e. The molecule has 0 bridgehead atoms. The van der Waals surface area contributed by atoms with E-state index in [0.717, 1.165) is 12.8 Å². The molecule has 0 saturated carbocycles. The van der Waals surface area contributed by atoms with Crippen molar-refractivity contribution in [3.8, 4) is 6.07 Å². The van der Waals surface area contributed by atoms with Gasteiger partial charge in [-0.15, -0.1) is 0 Å². The Morgan fingerprint density at radius 3 is 2.54 bits per heavy atom. The minimum atomic E-state index is 0.0957. The molecule has 0 spiro atoms. The third kappa shape index (κ3) is 4.51. The average molecular weight is 182 g/mol. The molecule has 74 valence electrons. The predicted molar refractivity (Wildman–Crippen MR) is 52.0 cm³/mol. The molecular formula is C10H18N2O. The highest BCUT2D eigenvalue weighted by Crippen LogP contribution is 2.04. The van der Waals surface area contributed by atoms with Gasteiger partial charge < -0.3 is 4.90 Å². The Morgan fingerprint density at radius 1 is 1.54 bits per heavy atom. The second kappa shape index (κ2) is 6.47. The van der Waals surface area contributed by atoms with Gasteiger partial charge in [0.05, 0.1) is 6.07 Å². The van der Waals surface area contributed by atoms with Crippen molar-refractivity contribution < 1.29 is 4.79 Å². The summed E-state index contributed by atoms with van der Waals surface area (Å²) in [5.74, 6) is 0.0957. The topological polar surface area (TPSA) is 44.1 Å². The molecule has 3 nitrogen and oxygen atoms in total. The SMILES string of the molecule is CCCCC(=O)N(CC#N)C(C)C. The van der Waals surface area contributed by atoms with Crippen LogP contribution in [-0.2, 0) is 4.79 Å². The van der Waals surface area contributed by atoms with Crippen LogP contribution in [0, 0.1) is 11.3 Å². The normalized spacial score (nSPS) is 9.77. The van der Waals surface area contributed by atoms with Crippen LogP contribution in [-0.4, -0.2) is 23.4 Å². The van der Waals surface area contributed by atoms with Crippen molar-refractivity contribution in [2.75, 3.05) is 6.54 Å². The maximum atomic E-state index is 11.5. The van der Waals surface area contributed by atoms with Gasteiger partial charge in [-0.2, -0.15) is 5.26 Å². The van der Waals surface area contributed by atoms with E-state index in [0.29, 0.717) is 6.42 Å². The molecule has 0 aliphatic rings. The van der Waals surface area contributed by atoms with Crippen LogP contribution in [0.2, 0.25) is 0 Å². The molecule has 0 fully saturated rings. The lowest BCUT2D eigenvalue weighted by Crippen LogP contribution is -2.37. The molecule has 0 aromatic carbocycles. The minimum absolute atomic E-state index is 0.0957. The number of hydrogen-bond donors (Lipinski definition) is 0. The molecule has 0 atom stereocenters. The van der Waals surface area contributed by atoms with Crippen molar-refractivity contribution in [2.24, 2.45) is 0 Å². The van der Waals surface area contributed by atoms with E-state index in [4.69, 9.17) is 5.26 Å². The Kier molecular flexibility index (Phi) is 5.96. The second-order valence-electron chi connectivity index (χ2n) is 3.38. The summed E-state index contributed by atoms with van der Waals surface area (Å²) in [5.41, 5.74) is 0. The van der Waals surface area contributed by atoms with Crippen LogP contribution < -0.4 is 0 Å². The summed E-state index contributed by atoms with van der Waals surface area (Å²) in [7, 11) is 0. The predicted octanol–water partition coefficient (Wildman–Crippen LogP) is 1.94. The van der Waals surface area contributed by atoms with Crippen LogP contribution in [0.1, 0.15) is 40.0 Å². The van der Waals surface area contributed by atoms with E-state index < -0.39 is 0 Å². The first-order valence-electron chi connectivity index (χ1n) is 4.79. The van der Waals surface area contributed by atoms with Gasteiger partial charge in [-0.25, -0.2) is 0 Å². The van der Waals surface area contributed by atoms with Crippen LogP contribution in [0.25, 0.3) is 0 Å². The summed E-state index contributed by atoms with van der Waals surface area (Å²) >= 11 is 0. The molecule has 0 heterocycles. The Morgan fingerprint density at radius 2 is 2.15 bits per heavy atom. The molecule has 0 radical (unpaired) electrons. The first kappa shape index (κ1) is 12.0. The standard InChI is InChI=1S/C10H18N2O/c1-4-5-6-10(13)12(8-7-11)9(2)3/h9H,4-6,8H2,1-3H3. The van der Waals surface area contributed by atoms with Crippen LogP contribution in [0.5, 0.6) is 0 Å². The van der Waals surface area contributed by atoms with Gasteiger partial charge in [0, 0.05) is 12.5 Å². The van der Waals surface area contributed by atoms with E-state index in [2.05, 4.69) is 6.92 Å². The number of carbonyl (C=O) groups is 1. The third-order valence-electron chi connectivity index (χ3n) is 1.93. The molecule has 0 rings (SSSR count). The van der Waals surface area contributed by atoms with Crippen molar-refractivity contribution in [1.29, 1.82) is 5.26 Å². The van der Waals surface area contributed by atoms with Crippen molar-refractivity contribution in [3.63, 3.8) is 0 Å². The number of unbranched alkanes of at least 4 members (excludes halogenated alkanes) is 1. The average Bonchev–Trinajstić information content (AvgIpc) is 2.09. The summed E-state index contributed by atoms with van der Waals surface area (Å²) in [5, 5.41) is 8.52. The van der Waals surface area contributed by atoms with E-state index >= 15 is 0 Å². The van der Waals surface area contributed by atoms with E-state index in [1.54, 1.807) is 4.90 Å². The van der Waals surface area contributed by atoms with Gasteiger partial charge in [-0.3, -0.25) is 4.79 Å². The Labute approximate surface area is 80.3 Å². The third-order valence-corrected chi connectivity index (χ3v) is 1.93. The Balaban J connectivity index is 4.05. The van der Waals surface area contributed by atoms with E-state index in [1.165, 1.54) is 0 Å². The number of hydrogen-bond acceptors (Lipinski definition) is 2. The van der Waals surface area contributed by atoms with E-state index in [9.17, 15) is 4.79 Å². The number of carbonyl (C=O) groups excluding carboxylic acids is 1. The van der Waals surface area contributed by atoms with Crippen LogP contribution >= 0.6 is 0 Å². The monoisotopic (exact) mass is 182 g/mol. The highest BCUT2D eigenvalue weighted by atomic mass is 16.2. The molecule has 0 aliphatic carbocycles. The smallest absolute Gasteiger partial charge is 0.223 e. The van der Waals surface area contributed by atoms with Gasteiger partial charge in [0.25, 0.3) is 0 Å². The van der Waals surface area contributed by atoms with Gasteiger partial charge in [-0.1, -0.05) is 13.3 Å². The van der Waals surface area contributed by atoms with Gasteiger partial charge in [-0.05, 0) is 20.3 Å². The molecule has 0 N–H and O–H groups in total. The summed E-state index contributed by atoms with van der Waals surface area (Å²) in [6.07, 6.45) is 2.49. The zero-order valence-corrected chi connectivity index (χ0v) is 8.71. The molecule has 0 aromatic heterocycles. The number of rotatable bonds is 5. The zero-order valence-electron chi connectivity index (χ0n) is 8.71. The lowest BCUT2D eigenvalue weighted by Gasteiger charge is -2.23. The molecule has 0 aliphatic heterocycles. The van der Waals surface area contributed by atoms with Crippen molar-refractivity contribution >= 4 is 5.91 Å². The van der Waals surface area contributed by atoms with Gasteiger partial charge in [0.1, 0.15) is 6.54 Å². The van der Waals surface area contributed by atoms with E-state index in [1.807, 2.05) is 19.9 Å². The van der Waals surface area contributed by atoms with Crippen LogP contribution in [0.4, 0.5) is 0 Å². The van der Waals surface area contributed by atoms with Gasteiger partial charge in [0.15, 0.2) is 0 Å². The molecule has 13 heavy (non-hydrogen) atoms. The first-order valence-corrected chi connectivity index (χ1v) is 4.79. The molecule has 1 amide bonds. The number of amides is 1. The summed E-state index contributed by atoms with van der Waals surface area (Å²) in [6.45, 7) is 6.12. The number of nitriles is 1. The lowest BCUT2D eigenvalue weighted by molar-refractivity contribution is -0.132. The molecule has 0 aromatic rings. The fourth-order valence-corrected chi connectivity index (χ4v) is 1.11. The first-order chi connectivity index (χ1) is 6.13. The van der Waals surface area contributed by atoms with Crippen LogP contribution in [0.15, 0.2) is 0 Å². The highest BCUT2D eigenvalue weighted by Gasteiger charge is 2.14. The lowest BCUT2D eigenvalue weighted by atomic mass is 10.2. The van der Waals surface area contributed by atoms with E-state index in [-0.39, 0.29) is 18.5 Å².